The summed E-state index contributed by atoms with van der Waals surface area (Å²) in [5, 5.41) is 5.05. The third-order valence-electron chi connectivity index (χ3n) is 2.85. The van der Waals surface area contributed by atoms with Crippen molar-refractivity contribution >= 4 is 23.2 Å². The molecule has 0 spiro atoms. The Kier molecular flexibility index (Phi) is 4.11. The van der Waals surface area contributed by atoms with Gasteiger partial charge in [-0.05, 0) is 24.6 Å². The molecule has 1 heterocycles. The van der Waals surface area contributed by atoms with Gasteiger partial charge in [0, 0.05) is 19.2 Å². The van der Waals surface area contributed by atoms with Crippen molar-refractivity contribution in [3.05, 3.63) is 24.0 Å². The Morgan fingerprint density at radius 3 is 2.79 bits per heavy atom. The summed E-state index contributed by atoms with van der Waals surface area (Å²) in [6.07, 6.45) is 0.686. The molecule has 2 amide bonds. The van der Waals surface area contributed by atoms with Crippen LogP contribution in [0, 0.1) is 11.7 Å². The predicted octanol–water partition coefficient (Wildman–Crippen LogP) is 1.76. The first-order valence-corrected chi connectivity index (χ1v) is 6.02. The minimum atomic E-state index is -0.544. The first-order valence-electron chi connectivity index (χ1n) is 6.02. The molecule has 2 rings (SSSR count). The van der Waals surface area contributed by atoms with Gasteiger partial charge in [0.1, 0.15) is 5.82 Å². The van der Waals surface area contributed by atoms with Crippen LogP contribution in [-0.2, 0) is 14.3 Å². The molecule has 2 N–H and O–H groups in total. The lowest BCUT2D eigenvalue weighted by Gasteiger charge is -2.11. The average Bonchev–Trinajstić information content (AvgIpc) is 2.86. The molecule has 19 heavy (non-hydrogen) atoms. The van der Waals surface area contributed by atoms with Gasteiger partial charge in [0.25, 0.3) is 0 Å². The Labute approximate surface area is 110 Å². The zero-order chi connectivity index (χ0) is 13.8. The van der Waals surface area contributed by atoms with E-state index in [9.17, 15) is 14.0 Å². The Bertz CT molecular complexity index is 499. The number of carbonyl (C=O) groups is 2. The van der Waals surface area contributed by atoms with E-state index in [0.717, 1.165) is 0 Å². The molecule has 1 atom stereocenters. The molecule has 1 aliphatic heterocycles. The van der Waals surface area contributed by atoms with Crippen molar-refractivity contribution in [3.8, 4) is 0 Å². The van der Waals surface area contributed by atoms with Gasteiger partial charge in [0.2, 0.25) is 11.8 Å². The predicted molar refractivity (Wildman–Crippen MR) is 68.3 cm³/mol. The molecule has 0 aliphatic carbocycles. The fourth-order valence-electron chi connectivity index (χ4n) is 1.87. The summed E-state index contributed by atoms with van der Waals surface area (Å²) in [6.45, 7) is 2.28. The van der Waals surface area contributed by atoms with Crippen LogP contribution in [0.25, 0.3) is 0 Å². The van der Waals surface area contributed by atoms with Gasteiger partial charge in [0.15, 0.2) is 0 Å². The Balaban J connectivity index is 2.07. The highest BCUT2D eigenvalue weighted by molar-refractivity contribution is 5.94. The van der Waals surface area contributed by atoms with E-state index in [4.69, 9.17) is 4.74 Å². The Hall–Kier alpha value is -1.95. The highest BCUT2D eigenvalue weighted by Crippen LogP contribution is 2.21. The molecule has 0 saturated carbocycles. The second-order valence-electron chi connectivity index (χ2n) is 4.43. The second-order valence-corrected chi connectivity index (χ2v) is 4.43. The quantitative estimate of drug-likeness (QED) is 0.876. The van der Waals surface area contributed by atoms with E-state index >= 15 is 0 Å². The fraction of sp³-hybridized carbons (Fsp3) is 0.385. The van der Waals surface area contributed by atoms with Crippen LogP contribution in [0.4, 0.5) is 15.8 Å². The number of carbonyl (C=O) groups excluding carboxylic acids is 2. The summed E-state index contributed by atoms with van der Waals surface area (Å²) in [6, 6.07) is 4.05. The number of hydrogen-bond donors (Lipinski definition) is 2. The molecule has 0 radical (unpaired) electrons. The first-order chi connectivity index (χ1) is 9.06. The molecule has 1 aromatic carbocycles. The van der Waals surface area contributed by atoms with E-state index in [1.807, 2.05) is 0 Å². The number of anilines is 2. The average molecular weight is 266 g/mol. The zero-order valence-corrected chi connectivity index (χ0v) is 10.5. The number of hydrogen-bond acceptors (Lipinski definition) is 3. The van der Waals surface area contributed by atoms with Crippen LogP contribution in [-0.4, -0.2) is 25.0 Å². The van der Waals surface area contributed by atoms with Crippen LogP contribution in [0.15, 0.2) is 18.2 Å². The van der Waals surface area contributed by atoms with Crippen LogP contribution in [0.1, 0.15) is 13.3 Å². The summed E-state index contributed by atoms with van der Waals surface area (Å²) >= 11 is 0. The van der Waals surface area contributed by atoms with Crippen molar-refractivity contribution in [2.75, 3.05) is 23.8 Å². The Morgan fingerprint density at radius 1 is 1.37 bits per heavy atom. The molecule has 6 heteroatoms. The van der Waals surface area contributed by atoms with Crippen LogP contribution in [0.2, 0.25) is 0 Å². The zero-order valence-electron chi connectivity index (χ0n) is 10.5. The summed E-state index contributed by atoms with van der Waals surface area (Å²) in [5.41, 5.74) is 0.495. The molecule has 1 aromatic rings. The van der Waals surface area contributed by atoms with Gasteiger partial charge < -0.3 is 15.4 Å². The summed E-state index contributed by atoms with van der Waals surface area (Å²) in [4.78, 5) is 22.8. The van der Waals surface area contributed by atoms with Gasteiger partial charge >= 0.3 is 0 Å². The van der Waals surface area contributed by atoms with Crippen LogP contribution in [0.5, 0.6) is 0 Å². The summed E-state index contributed by atoms with van der Waals surface area (Å²) in [5.74, 6) is -1.24. The van der Waals surface area contributed by atoms with Gasteiger partial charge in [-0.2, -0.15) is 0 Å². The van der Waals surface area contributed by atoms with E-state index < -0.39 is 5.82 Å². The van der Waals surface area contributed by atoms with Crippen molar-refractivity contribution in [1.82, 2.24) is 0 Å². The second kappa shape index (κ2) is 5.79. The number of halogens is 1. The number of amides is 2. The maximum Gasteiger partial charge on any atom is 0.229 e. The number of ether oxygens (including phenoxy) is 1. The van der Waals surface area contributed by atoms with Gasteiger partial charge in [0.05, 0.1) is 18.2 Å². The van der Waals surface area contributed by atoms with Crippen molar-refractivity contribution in [2.45, 2.75) is 13.3 Å². The monoisotopic (exact) mass is 266 g/mol. The fourth-order valence-corrected chi connectivity index (χ4v) is 1.87. The molecule has 5 nitrogen and oxygen atoms in total. The van der Waals surface area contributed by atoms with Crippen molar-refractivity contribution < 1.29 is 18.7 Å². The van der Waals surface area contributed by atoms with E-state index in [1.165, 1.54) is 25.1 Å². The number of nitrogens with one attached hydrogen (secondary N) is 2. The lowest BCUT2D eigenvalue weighted by Crippen LogP contribution is -2.23. The highest BCUT2D eigenvalue weighted by atomic mass is 19.1. The molecule has 0 bridgehead atoms. The maximum atomic E-state index is 13.4. The summed E-state index contributed by atoms with van der Waals surface area (Å²) < 4.78 is 18.6. The topological polar surface area (TPSA) is 67.4 Å². The Morgan fingerprint density at radius 2 is 2.16 bits per heavy atom. The normalized spacial score (nSPS) is 18.1. The molecule has 0 aromatic heterocycles. The van der Waals surface area contributed by atoms with Crippen LogP contribution >= 0.6 is 0 Å². The molecule has 1 fully saturated rings. The van der Waals surface area contributed by atoms with Crippen molar-refractivity contribution in [1.29, 1.82) is 0 Å². The van der Waals surface area contributed by atoms with Gasteiger partial charge in [-0.25, -0.2) is 4.39 Å². The van der Waals surface area contributed by atoms with E-state index in [2.05, 4.69) is 10.6 Å². The van der Waals surface area contributed by atoms with Gasteiger partial charge in [-0.1, -0.05) is 0 Å². The molecule has 102 valence electrons. The number of benzene rings is 1. The molecule has 1 unspecified atom stereocenters. The molecular formula is C13H15FN2O3. The minimum Gasteiger partial charge on any atom is -0.381 e. The first kappa shape index (κ1) is 13.5. The van der Waals surface area contributed by atoms with E-state index in [0.29, 0.717) is 25.3 Å². The third kappa shape index (κ3) is 3.51. The largest absolute Gasteiger partial charge is 0.381 e. The summed E-state index contributed by atoms with van der Waals surface area (Å²) in [7, 11) is 0. The van der Waals surface area contributed by atoms with Crippen LogP contribution < -0.4 is 10.6 Å². The minimum absolute atomic E-state index is 0.0490. The molecular weight excluding hydrogens is 251 g/mol. The molecule has 1 saturated heterocycles. The smallest absolute Gasteiger partial charge is 0.229 e. The molecule has 1 aliphatic rings. The highest BCUT2D eigenvalue weighted by Gasteiger charge is 2.23. The number of rotatable bonds is 3. The third-order valence-corrected chi connectivity index (χ3v) is 2.85. The SMILES string of the molecule is CC(=O)Nc1cc(NC(=O)C2CCOC2)ccc1F. The standard InChI is InChI=1S/C13H15FN2O3/c1-8(17)15-12-6-10(2-3-11(12)14)16-13(18)9-4-5-19-7-9/h2-3,6,9H,4-5,7H2,1H3,(H,15,17)(H,16,18). The maximum absolute atomic E-state index is 13.4. The van der Waals surface area contributed by atoms with Gasteiger partial charge in [-0.3, -0.25) is 9.59 Å². The van der Waals surface area contributed by atoms with E-state index in [1.54, 1.807) is 0 Å². The lowest BCUT2D eigenvalue weighted by molar-refractivity contribution is -0.119. The van der Waals surface area contributed by atoms with Crippen molar-refractivity contribution in [3.63, 3.8) is 0 Å². The van der Waals surface area contributed by atoms with Gasteiger partial charge in [-0.15, -0.1) is 0 Å². The van der Waals surface area contributed by atoms with Crippen molar-refractivity contribution in [2.24, 2.45) is 5.92 Å². The van der Waals surface area contributed by atoms with E-state index in [-0.39, 0.29) is 23.4 Å². The lowest BCUT2D eigenvalue weighted by atomic mass is 10.1. The van der Waals surface area contributed by atoms with Crippen LogP contribution in [0.3, 0.4) is 0 Å².